The predicted molar refractivity (Wildman–Crippen MR) is 267 cm³/mol. The van der Waals surface area contributed by atoms with Crippen molar-refractivity contribution in [2.45, 2.75) is 127 Å². The van der Waals surface area contributed by atoms with E-state index in [0.29, 0.717) is 73.5 Å². The molecule has 2 aromatic carbocycles. The summed E-state index contributed by atoms with van der Waals surface area (Å²) in [6, 6.07) is 4.51. The van der Waals surface area contributed by atoms with Gasteiger partial charge < -0.3 is 40.2 Å². The van der Waals surface area contributed by atoms with Crippen LogP contribution in [0.3, 0.4) is 0 Å². The van der Waals surface area contributed by atoms with Crippen molar-refractivity contribution in [2.75, 3.05) is 52.0 Å². The Morgan fingerprint density at radius 3 is 1.76 bits per heavy atom. The van der Waals surface area contributed by atoms with Gasteiger partial charge in [0.25, 0.3) is 5.91 Å². The largest absolute Gasteiger partial charge is 0.453 e. The number of hydrogen-bond acceptors (Lipinski definition) is 14. The lowest BCUT2D eigenvalue weighted by Crippen LogP contribution is -2.63. The minimum Gasteiger partial charge on any atom is -0.453 e. The SMILES string of the molecule is COC(=O)NC(C(=O)N[C@@H](Cc1ccc(-c2cnc(N3CC4CCC(C3)N4C3COC3)nc2)cc1)[C@@H](O)CN(Cc1c(F)cc(-c2ccn(C3CC3)n2)cc1F)NC(=O)[C@@H](NC(=O)OC)C(C)(C)C(F)(F)F)C(C)(C)C(F)(F)F. The summed E-state index contributed by atoms with van der Waals surface area (Å²) < 4.78 is 136. The smallest absolute Gasteiger partial charge is 0.407 e. The van der Waals surface area contributed by atoms with Gasteiger partial charge in [0, 0.05) is 73.5 Å². The molecule has 79 heavy (non-hydrogen) atoms. The van der Waals surface area contributed by atoms with Crippen molar-refractivity contribution in [3.05, 3.63) is 83.8 Å². The molecule has 0 spiro atoms. The number of nitrogens with zero attached hydrogens (tertiary/aromatic N) is 7. The summed E-state index contributed by atoms with van der Waals surface area (Å²) in [5.74, 6) is -4.97. The average Bonchev–Trinajstić information content (AvgIpc) is 4.25. The Morgan fingerprint density at radius 1 is 0.734 bits per heavy atom. The number of hydrazine groups is 1. The molecular formula is C52H63F8N11O8. The first-order chi connectivity index (χ1) is 37.2. The summed E-state index contributed by atoms with van der Waals surface area (Å²) in [7, 11) is 1.68. The maximum atomic E-state index is 16.2. The van der Waals surface area contributed by atoms with E-state index in [1.165, 1.54) is 0 Å². The minimum absolute atomic E-state index is 0.00862. The zero-order valence-electron chi connectivity index (χ0n) is 44.1. The molecule has 1 saturated carbocycles. The molecule has 2 aromatic heterocycles. The average molecular weight is 1120 g/mol. The molecule has 3 aliphatic heterocycles. The summed E-state index contributed by atoms with van der Waals surface area (Å²) in [6.07, 6.45) is -6.88. The highest BCUT2D eigenvalue weighted by molar-refractivity contribution is 5.87. The maximum Gasteiger partial charge on any atom is 0.407 e. The molecular weight excluding hydrogens is 1060 g/mol. The van der Waals surface area contributed by atoms with Gasteiger partial charge in [0.1, 0.15) is 23.7 Å². The molecule has 3 unspecified atom stereocenters. The first kappa shape index (κ1) is 58.4. The van der Waals surface area contributed by atoms with Gasteiger partial charge in [0.2, 0.25) is 11.9 Å². The second kappa shape index (κ2) is 23.2. The predicted octanol–water partition coefficient (Wildman–Crippen LogP) is 6.22. The number of hydrogen-bond donors (Lipinski definition) is 5. The van der Waals surface area contributed by atoms with Crippen LogP contribution in [0.1, 0.15) is 70.5 Å². The van der Waals surface area contributed by atoms with E-state index in [1.807, 2.05) is 10.6 Å². The fourth-order valence-electron chi connectivity index (χ4n) is 10.0. The Kier molecular flexibility index (Phi) is 17.1. The van der Waals surface area contributed by atoms with E-state index in [9.17, 15) is 50.6 Å². The van der Waals surface area contributed by atoms with E-state index in [2.05, 4.69) is 45.1 Å². The number of rotatable bonds is 20. The van der Waals surface area contributed by atoms with Crippen molar-refractivity contribution < 1.29 is 73.6 Å². The standard InChI is InChI=1S/C52H63F8N11O8/c1-49(2,51(55,56)57)42(64-47(75)77-5)44(73)63-40(17-28-7-9-29(10-8-28)31-20-61-46(62-21-31)68-22-33-13-14-34(23-68)71(33)35-26-79-27-35)41(72)25-69(67-45(74)43(65-48(76)78-6)50(3,4)52(58,59)60)24-36-37(53)18-30(19-38(36)54)39-15-16-70(66-39)32-11-12-32/h7-10,15-16,18-21,32-35,40-43,72H,11-14,17,22-27H2,1-6H3,(H,63,73)(H,64,75)(H,65,76)(H,67,74)/t33?,34?,40-,41-,42?,43+/m0/s1. The number of methoxy groups -OCH3 is 2. The highest BCUT2D eigenvalue weighted by Gasteiger charge is 2.57. The molecule has 4 aromatic rings. The molecule has 1 aliphatic carbocycles. The number of aliphatic hydroxyl groups excluding tert-OH is 1. The quantitative estimate of drug-likeness (QED) is 0.0491. The minimum atomic E-state index is -5.18. The Balaban J connectivity index is 1.09. The van der Waals surface area contributed by atoms with Gasteiger partial charge in [-0.25, -0.2) is 33.3 Å². The summed E-state index contributed by atoms with van der Waals surface area (Å²) in [5.41, 5.74) is -2.91. The van der Waals surface area contributed by atoms with Crippen molar-refractivity contribution in [1.29, 1.82) is 0 Å². The molecule has 5 heterocycles. The van der Waals surface area contributed by atoms with E-state index >= 15 is 8.78 Å². The van der Waals surface area contributed by atoms with Gasteiger partial charge in [0.15, 0.2) is 0 Å². The number of carbonyl (C=O) groups is 4. The molecule has 5 N–H and O–H groups in total. The number of carbonyl (C=O) groups excluding carboxylic acids is 4. The van der Waals surface area contributed by atoms with Gasteiger partial charge in [-0.05, 0) is 89.1 Å². The van der Waals surface area contributed by atoms with Crippen molar-refractivity contribution in [3.8, 4) is 22.4 Å². The lowest BCUT2D eigenvalue weighted by molar-refractivity contribution is -0.221. The van der Waals surface area contributed by atoms with Crippen LogP contribution in [0.25, 0.3) is 22.4 Å². The van der Waals surface area contributed by atoms with Crippen molar-refractivity contribution in [1.82, 2.24) is 51.0 Å². The number of ether oxygens (including phenoxy) is 3. The molecule has 8 rings (SSSR count). The molecule has 4 fully saturated rings. The number of anilines is 1. The number of alkyl halides is 6. The van der Waals surface area contributed by atoms with Gasteiger partial charge in [-0.15, -0.1) is 0 Å². The van der Waals surface area contributed by atoms with Gasteiger partial charge in [-0.3, -0.25) is 24.6 Å². The van der Waals surface area contributed by atoms with E-state index < -0.39 is 108 Å². The highest BCUT2D eigenvalue weighted by atomic mass is 19.4. The number of amides is 4. The van der Waals surface area contributed by atoms with Crippen molar-refractivity contribution >= 4 is 29.9 Å². The lowest BCUT2D eigenvalue weighted by Gasteiger charge is -2.47. The van der Waals surface area contributed by atoms with Crippen LogP contribution >= 0.6 is 0 Å². The third-order valence-corrected chi connectivity index (χ3v) is 15.4. The van der Waals surface area contributed by atoms with Crippen LogP contribution in [0.15, 0.2) is 61.1 Å². The number of aromatic nitrogens is 4. The van der Waals surface area contributed by atoms with E-state index in [0.717, 1.165) is 78.3 Å². The fraction of sp³-hybridized carbons (Fsp3) is 0.558. The molecule has 0 radical (unpaired) electrons. The van der Waals surface area contributed by atoms with Crippen LogP contribution in [-0.4, -0.2) is 161 Å². The van der Waals surface area contributed by atoms with Crippen LogP contribution < -0.4 is 26.3 Å². The second-order valence-corrected chi connectivity index (χ2v) is 21.5. The third kappa shape index (κ3) is 13.0. The Bertz CT molecular complexity index is 2790. The van der Waals surface area contributed by atoms with Crippen molar-refractivity contribution in [2.24, 2.45) is 10.8 Å². The highest BCUT2D eigenvalue weighted by Crippen LogP contribution is 2.43. The summed E-state index contributed by atoms with van der Waals surface area (Å²) in [4.78, 5) is 67.2. The lowest BCUT2D eigenvalue weighted by atomic mass is 9.82. The van der Waals surface area contributed by atoms with Crippen LogP contribution in [0.5, 0.6) is 0 Å². The van der Waals surface area contributed by atoms with Gasteiger partial charge in [-0.1, -0.05) is 24.3 Å². The zero-order valence-corrected chi connectivity index (χ0v) is 44.1. The second-order valence-electron chi connectivity index (χ2n) is 21.5. The molecule has 2 bridgehead atoms. The topological polar surface area (TPSA) is 218 Å². The van der Waals surface area contributed by atoms with Crippen LogP contribution in [0.2, 0.25) is 0 Å². The van der Waals surface area contributed by atoms with Gasteiger partial charge >= 0.3 is 24.5 Å². The summed E-state index contributed by atoms with van der Waals surface area (Å²) in [5, 5.41) is 23.3. The number of alkyl carbamates (subject to hydrolysis) is 2. The zero-order chi connectivity index (χ0) is 57.4. The van der Waals surface area contributed by atoms with Crippen molar-refractivity contribution in [3.63, 3.8) is 0 Å². The Labute approximate surface area is 449 Å². The van der Waals surface area contributed by atoms with Crippen LogP contribution in [0.4, 0.5) is 50.7 Å². The Hall–Kier alpha value is -6.71. The normalized spacial score (nSPS) is 19.7. The molecule has 6 atom stereocenters. The molecule has 3 saturated heterocycles. The van der Waals surface area contributed by atoms with Gasteiger partial charge in [0.05, 0.1) is 68.2 Å². The fourth-order valence-corrected chi connectivity index (χ4v) is 10.0. The van der Waals surface area contributed by atoms with E-state index in [4.69, 9.17) is 4.74 Å². The maximum absolute atomic E-state index is 16.2. The number of fused-ring (bicyclic) bond motifs is 2. The van der Waals surface area contributed by atoms with Crippen LogP contribution in [0, 0.1) is 22.5 Å². The van der Waals surface area contributed by atoms with Crippen LogP contribution in [-0.2, 0) is 36.8 Å². The summed E-state index contributed by atoms with van der Waals surface area (Å²) in [6.45, 7) is 3.39. The third-order valence-electron chi connectivity index (χ3n) is 15.4. The molecule has 430 valence electrons. The monoisotopic (exact) mass is 1120 g/mol. The number of benzene rings is 2. The van der Waals surface area contributed by atoms with E-state index in [-0.39, 0.29) is 17.3 Å². The molecule has 4 amide bonds. The number of aliphatic hydroxyl groups is 1. The summed E-state index contributed by atoms with van der Waals surface area (Å²) >= 11 is 0. The molecule has 27 heteroatoms. The number of nitrogens with one attached hydrogen (secondary N) is 4. The first-order valence-electron chi connectivity index (χ1n) is 25.6. The number of halogens is 8. The van der Waals surface area contributed by atoms with E-state index in [1.54, 1.807) is 53.6 Å². The molecule has 19 nitrogen and oxygen atoms in total. The number of piperazine rings is 1. The Morgan fingerprint density at radius 2 is 1.27 bits per heavy atom. The first-order valence-corrected chi connectivity index (χ1v) is 25.6. The molecule has 4 aliphatic rings. The van der Waals surface area contributed by atoms with Gasteiger partial charge in [-0.2, -0.15) is 31.4 Å².